The van der Waals surface area contributed by atoms with Crippen molar-refractivity contribution in [1.82, 2.24) is 0 Å². The predicted molar refractivity (Wildman–Crippen MR) is 74.0 cm³/mol. The lowest BCUT2D eigenvalue weighted by atomic mass is 10.2. The van der Waals surface area contributed by atoms with Crippen molar-refractivity contribution in [2.24, 2.45) is 0 Å². The molecule has 0 aliphatic rings. The van der Waals surface area contributed by atoms with Gasteiger partial charge in [-0.1, -0.05) is 19.9 Å². The first kappa shape index (κ1) is 15.0. The first-order valence-corrected chi connectivity index (χ1v) is 6.38. The number of ether oxygens (including phenoxy) is 2. The quantitative estimate of drug-likeness (QED) is 0.533. The molecule has 1 aromatic carbocycles. The highest BCUT2D eigenvalue weighted by molar-refractivity contribution is 5.55. The number of hydrogen-bond acceptors (Lipinski definition) is 4. The van der Waals surface area contributed by atoms with Crippen molar-refractivity contribution in [2.75, 3.05) is 13.2 Å². The van der Waals surface area contributed by atoms with Crippen LogP contribution in [0.25, 0.3) is 6.08 Å². The van der Waals surface area contributed by atoms with Crippen LogP contribution in [-0.4, -0.2) is 18.1 Å². The first-order chi connectivity index (χ1) is 9.17. The van der Waals surface area contributed by atoms with Crippen LogP contribution in [0.5, 0.6) is 11.5 Å². The van der Waals surface area contributed by atoms with Gasteiger partial charge in [0.1, 0.15) is 0 Å². The zero-order chi connectivity index (χ0) is 14.1. The average molecular weight is 265 g/mol. The summed E-state index contributed by atoms with van der Waals surface area (Å²) in [7, 11) is 0. The molecule has 0 radical (unpaired) electrons. The van der Waals surface area contributed by atoms with Gasteiger partial charge in [0.2, 0.25) is 6.20 Å². The monoisotopic (exact) mass is 265 g/mol. The number of rotatable bonds is 8. The fourth-order valence-electron chi connectivity index (χ4n) is 1.43. The van der Waals surface area contributed by atoms with E-state index in [1.807, 2.05) is 13.8 Å². The molecule has 1 rings (SSSR count). The molecule has 0 amide bonds. The van der Waals surface area contributed by atoms with E-state index in [9.17, 15) is 10.1 Å². The summed E-state index contributed by atoms with van der Waals surface area (Å²) >= 11 is 0. The van der Waals surface area contributed by atoms with Gasteiger partial charge in [0, 0.05) is 6.08 Å². The van der Waals surface area contributed by atoms with Crippen LogP contribution in [0.1, 0.15) is 32.3 Å². The molecule has 5 nitrogen and oxygen atoms in total. The van der Waals surface area contributed by atoms with Gasteiger partial charge in [0.15, 0.2) is 11.5 Å². The Balaban J connectivity index is 2.89. The largest absolute Gasteiger partial charge is 0.490 e. The summed E-state index contributed by atoms with van der Waals surface area (Å²) in [5, 5.41) is 10.3. The van der Waals surface area contributed by atoms with E-state index in [1.165, 1.54) is 6.08 Å². The Kier molecular flexibility index (Phi) is 6.43. The summed E-state index contributed by atoms with van der Waals surface area (Å²) in [4.78, 5) is 9.81. The average Bonchev–Trinajstić information content (AvgIpc) is 2.41. The number of nitrogens with zero attached hydrogens (tertiary/aromatic N) is 1. The molecular formula is C14H19NO4. The minimum Gasteiger partial charge on any atom is -0.490 e. The molecule has 1 aromatic rings. The van der Waals surface area contributed by atoms with E-state index >= 15 is 0 Å². The van der Waals surface area contributed by atoms with E-state index in [-0.39, 0.29) is 0 Å². The van der Waals surface area contributed by atoms with Crippen molar-refractivity contribution in [3.8, 4) is 11.5 Å². The Morgan fingerprint density at radius 3 is 2.37 bits per heavy atom. The molecule has 104 valence electrons. The predicted octanol–water partition coefficient (Wildman–Crippen LogP) is 3.51. The van der Waals surface area contributed by atoms with E-state index in [2.05, 4.69) is 0 Å². The van der Waals surface area contributed by atoms with Crippen molar-refractivity contribution in [3.05, 3.63) is 40.1 Å². The van der Waals surface area contributed by atoms with Crippen molar-refractivity contribution in [1.29, 1.82) is 0 Å². The maximum Gasteiger partial charge on any atom is 0.235 e. The zero-order valence-electron chi connectivity index (χ0n) is 11.3. The minimum atomic E-state index is -0.492. The Morgan fingerprint density at radius 2 is 1.79 bits per heavy atom. The van der Waals surface area contributed by atoms with E-state index in [1.54, 1.807) is 18.2 Å². The smallest absolute Gasteiger partial charge is 0.235 e. The fraction of sp³-hybridized carbons (Fsp3) is 0.429. The third-order valence-electron chi connectivity index (χ3n) is 2.28. The summed E-state index contributed by atoms with van der Waals surface area (Å²) in [5.41, 5.74) is 0.714. The van der Waals surface area contributed by atoms with Crippen LogP contribution in [-0.2, 0) is 0 Å². The van der Waals surface area contributed by atoms with Gasteiger partial charge in [0.05, 0.1) is 18.1 Å². The Morgan fingerprint density at radius 1 is 1.16 bits per heavy atom. The van der Waals surface area contributed by atoms with Crippen LogP contribution in [0.15, 0.2) is 24.4 Å². The van der Waals surface area contributed by atoms with E-state index in [0.717, 1.165) is 19.0 Å². The van der Waals surface area contributed by atoms with Gasteiger partial charge in [0.25, 0.3) is 0 Å². The highest BCUT2D eigenvalue weighted by atomic mass is 16.6. The highest BCUT2D eigenvalue weighted by Crippen LogP contribution is 2.29. The Hall–Kier alpha value is -2.04. The molecule has 0 unspecified atom stereocenters. The topological polar surface area (TPSA) is 61.6 Å². The van der Waals surface area contributed by atoms with E-state index < -0.39 is 4.92 Å². The maximum absolute atomic E-state index is 10.3. The van der Waals surface area contributed by atoms with Gasteiger partial charge in [-0.3, -0.25) is 10.1 Å². The second-order valence-electron chi connectivity index (χ2n) is 4.00. The molecule has 0 bridgehead atoms. The summed E-state index contributed by atoms with van der Waals surface area (Å²) in [5.74, 6) is 1.30. The zero-order valence-corrected chi connectivity index (χ0v) is 11.3. The summed E-state index contributed by atoms with van der Waals surface area (Å²) in [6, 6.07) is 5.30. The minimum absolute atomic E-state index is 0.492. The summed E-state index contributed by atoms with van der Waals surface area (Å²) in [6.45, 7) is 5.25. The normalized spacial score (nSPS) is 10.6. The van der Waals surface area contributed by atoms with Crippen LogP contribution in [0.4, 0.5) is 0 Å². The lowest BCUT2D eigenvalue weighted by Crippen LogP contribution is -2.01. The van der Waals surface area contributed by atoms with Crippen molar-refractivity contribution in [2.45, 2.75) is 26.7 Å². The van der Waals surface area contributed by atoms with Crippen LogP contribution in [0.3, 0.4) is 0 Å². The van der Waals surface area contributed by atoms with Gasteiger partial charge in [-0.2, -0.15) is 0 Å². The van der Waals surface area contributed by atoms with Gasteiger partial charge in [-0.05, 0) is 30.5 Å². The number of nitro groups is 1. The van der Waals surface area contributed by atoms with Gasteiger partial charge in [-0.25, -0.2) is 0 Å². The van der Waals surface area contributed by atoms with E-state index in [0.29, 0.717) is 30.3 Å². The summed E-state index contributed by atoms with van der Waals surface area (Å²) < 4.78 is 11.2. The molecular weight excluding hydrogens is 246 g/mol. The molecule has 0 heterocycles. The van der Waals surface area contributed by atoms with Crippen LogP contribution >= 0.6 is 0 Å². The second kappa shape index (κ2) is 8.13. The molecule has 19 heavy (non-hydrogen) atoms. The summed E-state index contributed by atoms with van der Waals surface area (Å²) in [6.07, 6.45) is 4.15. The molecule has 0 aromatic heterocycles. The molecule has 0 atom stereocenters. The molecule has 0 aliphatic heterocycles. The van der Waals surface area contributed by atoms with Gasteiger partial charge >= 0.3 is 0 Å². The molecule has 0 aliphatic carbocycles. The van der Waals surface area contributed by atoms with Crippen molar-refractivity contribution in [3.63, 3.8) is 0 Å². The SMILES string of the molecule is CCCOc1ccc(C=C[N+](=O)[O-])cc1OCCC. The van der Waals surface area contributed by atoms with Gasteiger partial charge < -0.3 is 9.47 Å². The Bertz CT molecular complexity index is 443. The molecule has 0 saturated carbocycles. The van der Waals surface area contributed by atoms with Crippen LogP contribution in [0.2, 0.25) is 0 Å². The molecule has 5 heteroatoms. The highest BCUT2D eigenvalue weighted by Gasteiger charge is 2.06. The number of benzene rings is 1. The molecule has 0 saturated heterocycles. The molecule has 0 fully saturated rings. The fourth-order valence-corrected chi connectivity index (χ4v) is 1.43. The second-order valence-corrected chi connectivity index (χ2v) is 4.00. The first-order valence-electron chi connectivity index (χ1n) is 6.38. The van der Waals surface area contributed by atoms with Gasteiger partial charge in [-0.15, -0.1) is 0 Å². The van der Waals surface area contributed by atoms with Crippen molar-refractivity contribution < 1.29 is 14.4 Å². The molecule has 0 spiro atoms. The van der Waals surface area contributed by atoms with Crippen molar-refractivity contribution >= 4 is 6.08 Å². The standard InChI is InChI=1S/C14H19NO4/c1-3-9-18-13-6-5-12(7-8-15(16)17)11-14(13)19-10-4-2/h5-8,11H,3-4,9-10H2,1-2H3. The lowest BCUT2D eigenvalue weighted by Gasteiger charge is -2.12. The molecule has 0 N–H and O–H groups in total. The third-order valence-corrected chi connectivity index (χ3v) is 2.28. The number of hydrogen-bond donors (Lipinski definition) is 0. The van der Waals surface area contributed by atoms with Crippen LogP contribution < -0.4 is 9.47 Å². The van der Waals surface area contributed by atoms with Crippen LogP contribution in [0, 0.1) is 10.1 Å². The van der Waals surface area contributed by atoms with E-state index in [4.69, 9.17) is 9.47 Å². The Labute approximate surface area is 113 Å². The lowest BCUT2D eigenvalue weighted by molar-refractivity contribution is -0.400. The maximum atomic E-state index is 10.3. The third kappa shape index (κ3) is 5.42.